The van der Waals surface area contributed by atoms with Gasteiger partial charge in [0.15, 0.2) is 0 Å². The predicted molar refractivity (Wildman–Crippen MR) is 257 cm³/mol. The number of nitrogens with zero attached hydrogens (tertiary/aromatic N) is 1. The fourth-order valence-corrected chi connectivity index (χ4v) is 7.45. The van der Waals surface area contributed by atoms with E-state index in [-0.39, 0.29) is 0 Å². The second-order valence-corrected chi connectivity index (χ2v) is 15.1. The molecule has 0 radical (unpaired) electrons. The van der Waals surface area contributed by atoms with E-state index in [0.717, 1.165) is 24.9 Å². The molecule has 0 aliphatic heterocycles. The van der Waals surface area contributed by atoms with Crippen molar-refractivity contribution in [3.63, 3.8) is 0 Å². The molecule has 0 aliphatic rings. The Hall–Kier alpha value is -6.96. The van der Waals surface area contributed by atoms with Gasteiger partial charge >= 0.3 is 0 Å². The largest absolute Gasteiger partial charge is 0.310 e. The lowest BCUT2D eigenvalue weighted by Gasteiger charge is -2.27. The maximum absolute atomic E-state index is 3.87. The van der Waals surface area contributed by atoms with Gasteiger partial charge in [0.2, 0.25) is 0 Å². The fraction of sp³-hybridized carbons (Fsp3) is 0.103. The van der Waals surface area contributed by atoms with Crippen molar-refractivity contribution in [2.24, 2.45) is 0 Å². The van der Waals surface area contributed by atoms with Gasteiger partial charge in [-0.3, -0.25) is 0 Å². The Morgan fingerprint density at radius 3 is 1.53 bits per heavy atom. The number of allylic oxidation sites excluding steroid dienone is 1. The summed E-state index contributed by atoms with van der Waals surface area (Å²) in [6.07, 6.45) is 5.21. The summed E-state index contributed by atoms with van der Waals surface area (Å²) in [4.78, 5) is 2.39. The third-order valence-electron chi connectivity index (χ3n) is 10.7. The third-order valence-corrected chi connectivity index (χ3v) is 10.7. The molecule has 0 aromatic heterocycles. The van der Waals surface area contributed by atoms with E-state index in [2.05, 4.69) is 239 Å². The second kappa shape index (κ2) is 19.9. The summed E-state index contributed by atoms with van der Waals surface area (Å²) in [5, 5.41) is 5.17. The van der Waals surface area contributed by atoms with Crippen molar-refractivity contribution < 1.29 is 0 Å². The zero-order valence-corrected chi connectivity index (χ0v) is 34.6. The molecule has 290 valence electrons. The lowest BCUT2D eigenvalue weighted by atomic mass is 10.0. The minimum absolute atomic E-state index is 1.04. The Kier molecular flexibility index (Phi) is 13.6. The summed E-state index contributed by atoms with van der Waals surface area (Å²) >= 11 is 0. The van der Waals surface area contributed by atoms with E-state index < -0.39 is 0 Å². The smallest absolute Gasteiger partial charge is 0.0540 e. The van der Waals surface area contributed by atoms with Crippen LogP contribution in [0.4, 0.5) is 17.1 Å². The molecule has 9 aromatic carbocycles. The van der Waals surface area contributed by atoms with Crippen molar-refractivity contribution >= 4 is 38.6 Å². The van der Waals surface area contributed by atoms with E-state index >= 15 is 0 Å². The van der Waals surface area contributed by atoms with Crippen LogP contribution in [0, 0.1) is 20.8 Å². The summed E-state index contributed by atoms with van der Waals surface area (Å²) in [5.74, 6) is 0. The predicted octanol–water partition coefficient (Wildman–Crippen LogP) is 16.6. The highest BCUT2D eigenvalue weighted by Gasteiger charge is 2.16. The highest BCUT2D eigenvalue weighted by Crippen LogP contribution is 2.40. The lowest BCUT2D eigenvalue weighted by Crippen LogP contribution is -2.10. The van der Waals surface area contributed by atoms with Crippen molar-refractivity contribution in [2.75, 3.05) is 4.90 Å². The zero-order chi connectivity index (χ0) is 40.8. The Labute approximate surface area is 351 Å². The van der Waals surface area contributed by atoms with Gasteiger partial charge in [0, 0.05) is 16.8 Å². The fourth-order valence-electron chi connectivity index (χ4n) is 7.45. The van der Waals surface area contributed by atoms with Gasteiger partial charge in [0.05, 0.1) is 5.69 Å². The molecule has 1 nitrogen and oxygen atoms in total. The topological polar surface area (TPSA) is 3.24 Å². The molecule has 0 saturated heterocycles. The van der Waals surface area contributed by atoms with E-state index in [0.29, 0.717) is 0 Å². The average molecular weight is 764 g/mol. The van der Waals surface area contributed by atoms with Crippen LogP contribution >= 0.6 is 0 Å². The summed E-state index contributed by atoms with van der Waals surface area (Å²) in [6.45, 7) is 10.2. The molecule has 0 unspecified atom stereocenters. The van der Waals surface area contributed by atoms with Crippen LogP contribution in [0.15, 0.2) is 225 Å². The zero-order valence-electron chi connectivity index (χ0n) is 34.6. The lowest BCUT2D eigenvalue weighted by molar-refractivity contribution is 0.844. The molecule has 0 amide bonds. The summed E-state index contributed by atoms with van der Waals surface area (Å²) in [5.41, 5.74) is 13.8. The van der Waals surface area contributed by atoms with Gasteiger partial charge in [-0.25, -0.2) is 0 Å². The van der Waals surface area contributed by atoms with Crippen LogP contribution in [0.25, 0.3) is 43.8 Å². The number of rotatable bonds is 9. The van der Waals surface area contributed by atoms with Gasteiger partial charge in [-0.05, 0) is 120 Å². The molecule has 0 N–H and O–H groups in total. The number of unbranched alkanes of at least 4 members (excludes halogenated alkanes) is 1. The number of hydrogen-bond donors (Lipinski definition) is 0. The van der Waals surface area contributed by atoms with Crippen molar-refractivity contribution in [3.05, 3.63) is 247 Å². The molecule has 0 bridgehead atoms. The van der Waals surface area contributed by atoms with Crippen molar-refractivity contribution in [1.82, 2.24) is 0 Å². The van der Waals surface area contributed by atoms with E-state index in [1.165, 1.54) is 77.4 Å². The van der Waals surface area contributed by atoms with Crippen LogP contribution in [0.5, 0.6) is 0 Å². The number of benzene rings is 9. The van der Waals surface area contributed by atoms with Crippen LogP contribution in [-0.2, 0) is 6.42 Å². The van der Waals surface area contributed by atoms with Crippen LogP contribution in [0.3, 0.4) is 0 Å². The molecule has 0 atom stereocenters. The van der Waals surface area contributed by atoms with E-state index in [1.807, 2.05) is 12.1 Å². The van der Waals surface area contributed by atoms with Crippen molar-refractivity contribution in [2.45, 2.75) is 40.0 Å². The number of aryl methyl sites for hydroxylation is 4. The number of fused-ring (bicyclic) bond motifs is 2. The Bertz CT molecular complexity index is 2700. The molecule has 0 fully saturated rings. The minimum atomic E-state index is 1.04. The maximum atomic E-state index is 3.87. The Balaban J connectivity index is 0.000000177. The molecular formula is C58H53N. The van der Waals surface area contributed by atoms with E-state index in [9.17, 15) is 0 Å². The monoisotopic (exact) mass is 763 g/mol. The van der Waals surface area contributed by atoms with Gasteiger partial charge in [-0.1, -0.05) is 199 Å². The molecule has 0 saturated carbocycles. The molecule has 0 aliphatic carbocycles. The van der Waals surface area contributed by atoms with Gasteiger partial charge in [-0.2, -0.15) is 0 Å². The quantitative estimate of drug-likeness (QED) is 0.105. The molecule has 59 heavy (non-hydrogen) atoms. The van der Waals surface area contributed by atoms with Crippen LogP contribution < -0.4 is 4.90 Å². The highest BCUT2D eigenvalue weighted by molar-refractivity contribution is 5.99. The van der Waals surface area contributed by atoms with E-state index in [1.54, 1.807) is 0 Å². The first-order chi connectivity index (χ1) is 29.0. The number of hydrogen-bond acceptors (Lipinski definition) is 1. The molecule has 0 heterocycles. The molecule has 9 aromatic rings. The summed E-state index contributed by atoms with van der Waals surface area (Å²) in [7, 11) is 0. The third kappa shape index (κ3) is 10.5. The van der Waals surface area contributed by atoms with E-state index in [4.69, 9.17) is 0 Å². The Morgan fingerprint density at radius 2 is 0.915 bits per heavy atom. The summed E-state index contributed by atoms with van der Waals surface area (Å²) in [6, 6.07) is 75.6. The second-order valence-electron chi connectivity index (χ2n) is 15.1. The van der Waals surface area contributed by atoms with Crippen molar-refractivity contribution in [1.29, 1.82) is 0 Å². The first kappa shape index (κ1) is 40.2. The van der Waals surface area contributed by atoms with Crippen molar-refractivity contribution in [3.8, 4) is 22.3 Å². The summed E-state index contributed by atoms with van der Waals surface area (Å²) < 4.78 is 0. The number of anilines is 3. The minimum Gasteiger partial charge on any atom is -0.310 e. The van der Waals surface area contributed by atoms with Crippen LogP contribution in [0.1, 0.15) is 35.1 Å². The molecular weight excluding hydrogens is 711 g/mol. The first-order valence-electron chi connectivity index (χ1n) is 20.7. The molecule has 1 heteroatoms. The first-order valence-corrected chi connectivity index (χ1v) is 20.7. The van der Waals surface area contributed by atoms with Gasteiger partial charge < -0.3 is 4.90 Å². The van der Waals surface area contributed by atoms with Crippen LogP contribution in [0.2, 0.25) is 0 Å². The Morgan fingerprint density at radius 1 is 0.424 bits per heavy atom. The highest BCUT2D eigenvalue weighted by atomic mass is 15.1. The molecule has 9 rings (SSSR count). The SMILES string of the molecule is C=CCCCc1cccc(N(c2ccc(-c3ccc(C)cc3)cc2)c2cccc3ccccc23)c1.Cc1ccc(-c2ccccc2)cc1.Cc1cccc2ccccc12. The average Bonchev–Trinajstić information content (AvgIpc) is 3.29. The van der Waals surface area contributed by atoms with Crippen LogP contribution in [-0.4, -0.2) is 0 Å². The maximum Gasteiger partial charge on any atom is 0.0540 e. The normalized spacial score (nSPS) is 10.6. The van der Waals surface area contributed by atoms with Gasteiger partial charge in [0.1, 0.15) is 0 Å². The van der Waals surface area contributed by atoms with Gasteiger partial charge in [-0.15, -0.1) is 6.58 Å². The molecule has 0 spiro atoms. The standard InChI is InChI=1S/C34H31N.C13H12.C11H10/c1-3-4-5-10-27-11-8-14-32(25-27)35(34-16-9-13-30-12-6-7-15-33(30)34)31-23-21-29(22-24-31)28-19-17-26(2)18-20-28;1-11-7-9-13(10-8-11)12-5-3-2-4-6-12;1-9-5-4-7-10-6-2-3-8-11(9)10/h3,6-9,11-25H,1,4-5,10H2,2H3;2-10H,1H3;2-8H,1H3. The van der Waals surface area contributed by atoms with Gasteiger partial charge in [0.25, 0.3) is 0 Å².